The first kappa shape index (κ1) is 17.5. The smallest absolute Gasteiger partial charge is 0.273 e. The number of alkyl halides is 3. The molecule has 0 aliphatic heterocycles. The minimum absolute atomic E-state index is 0.391. The fourth-order valence-corrected chi connectivity index (χ4v) is 3.68. The van der Waals surface area contributed by atoms with Gasteiger partial charge in [0.1, 0.15) is 0 Å². The first-order valence-electron chi connectivity index (χ1n) is 7.45. The summed E-state index contributed by atoms with van der Waals surface area (Å²) in [5.41, 5.74) is -1.13. The molecule has 0 spiro atoms. The van der Waals surface area contributed by atoms with E-state index in [2.05, 4.69) is 0 Å². The van der Waals surface area contributed by atoms with Gasteiger partial charge < -0.3 is 0 Å². The van der Waals surface area contributed by atoms with Crippen molar-refractivity contribution in [3.8, 4) is 0 Å². The Kier molecular flexibility index (Phi) is 4.10. The molecule has 0 radical (unpaired) electrons. The Morgan fingerprint density at radius 1 is 0.960 bits per heavy atom. The number of nitrogens with one attached hydrogen (secondary N) is 1. The lowest BCUT2D eigenvalue weighted by Crippen LogP contribution is -2.38. The Hall–Kier alpha value is -2.35. The second-order valence-electron chi connectivity index (χ2n) is 5.90. The zero-order valence-corrected chi connectivity index (χ0v) is 13.7. The third-order valence-corrected chi connectivity index (χ3v) is 5.58. The van der Waals surface area contributed by atoms with Crippen LogP contribution < -0.4 is 4.72 Å². The van der Waals surface area contributed by atoms with E-state index in [-0.39, 0.29) is 0 Å². The summed E-state index contributed by atoms with van der Waals surface area (Å²) in [6.45, 7) is 0. The molecule has 0 bridgehead atoms. The van der Waals surface area contributed by atoms with Gasteiger partial charge in [0.2, 0.25) is 5.91 Å². The van der Waals surface area contributed by atoms with E-state index in [4.69, 9.17) is 0 Å². The molecule has 2 aromatic carbocycles. The first-order valence-corrected chi connectivity index (χ1v) is 8.93. The molecule has 1 amide bonds. The fraction of sp³-hybridized carbons (Fsp3) is 0.235. The molecule has 0 saturated heterocycles. The van der Waals surface area contributed by atoms with E-state index in [9.17, 15) is 26.4 Å². The van der Waals surface area contributed by atoms with Crippen LogP contribution in [0.5, 0.6) is 0 Å². The van der Waals surface area contributed by atoms with Crippen LogP contribution in [0.25, 0.3) is 0 Å². The van der Waals surface area contributed by atoms with E-state index in [0.717, 1.165) is 17.7 Å². The number of sulfonamides is 1. The van der Waals surface area contributed by atoms with Crippen molar-refractivity contribution in [2.75, 3.05) is 0 Å². The summed E-state index contributed by atoms with van der Waals surface area (Å²) in [4.78, 5) is 12.1. The fourth-order valence-electron chi connectivity index (χ4n) is 2.63. The summed E-state index contributed by atoms with van der Waals surface area (Å²) in [7, 11) is -4.24. The second kappa shape index (κ2) is 5.87. The summed E-state index contributed by atoms with van der Waals surface area (Å²) >= 11 is 0. The molecular formula is C17H14F3NO3S. The Morgan fingerprint density at radius 2 is 1.52 bits per heavy atom. The molecule has 2 aromatic rings. The highest BCUT2D eigenvalue weighted by Gasteiger charge is 2.52. The van der Waals surface area contributed by atoms with Gasteiger partial charge in [0.25, 0.3) is 10.0 Å². The second-order valence-corrected chi connectivity index (χ2v) is 7.59. The van der Waals surface area contributed by atoms with Crippen molar-refractivity contribution >= 4 is 15.9 Å². The summed E-state index contributed by atoms with van der Waals surface area (Å²) < 4.78 is 64.3. The molecule has 0 atom stereocenters. The van der Waals surface area contributed by atoms with Crippen LogP contribution in [0.15, 0.2) is 59.5 Å². The topological polar surface area (TPSA) is 63.2 Å². The van der Waals surface area contributed by atoms with Gasteiger partial charge in [0.05, 0.1) is 15.9 Å². The molecule has 1 fully saturated rings. The van der Waals surface area contributed by atoms with Crippen molar-refractivity contribution in [1.82, 2.24) is 4.72 Å². The van der Waals surface area contributed by atoms with E-state index < -0.39 is 38.0 Å². The SMILES string of the molecule is O=C(NS(=O)(=O)c1ccc(C(F)(F)F)cc1)C1(c2ccccc2)CC1. The van der Waals surface area contributed by atoms with E-state index in [1.54, 1.807) is 30.3 Å². The standard InChI is InChI=1S/C17H14F3NO3S/c18-17(19,20)13-6-8-14(9-7-13)25(23,24)21-15(22)16(10-11-16)12-4-2-1-3-5-12/h1-9H,10-11H2,(H,21,22). The summed E-state index contributed by atoms with van der Waals surface area (Å²) in [6.07, 6.45) is -3.52. The molecular weight excluding hydrogens is 355 g/mol. The van der Waals surface area contributed by atoms with Crippen LogP contribution in [0.2, 0.25) is 0 Å². The van der Waals surface area contributed by atoms with Gasteiger partial charge in [-0.05, 0) is 42.7 Å². The van der Waals surface area contributed by atoms with Crippen molar-refractivity contribution in [2.45, 2.75) is 29.3 Å². The van der Waals surface area contributed by atoms with Crippen molar-refractivity contribution in [3.63, 3.8) is 0 Å². The number of carbonyl (C=O) groups excluding carboxylic acids is 1. The van der Waals surface area contributed by atoms with Crippen molar-refractivity contribution in [1.29, 1.82) is 0 Å². The third-order valence-electron chi connectivity index (χ3n) is 4.23. The average Bonchev–Trinajstić information content (AvgIpc) is 3.36. The molecule has 3 rings (SSSR count). The highest BCUT2D eigenvalue weighted by Crippen LogP contribution is 2.48. The third kappa shape index (κ3) is 3.39. The number of benzene rings is 2. The van der Waals surface area contributed by atoms with Crippen molar-refractivity contribution in [2.24, 2.45) is 0 Å². The number of hydrogen-bond donors (Lipinski definition) is 1. The van der Waals surface area contributed by atoms with Crippen LogP contribution in [0.3, 0.4) is 0 Å². The summed E-state index contributed by atoms with van der Waals surface area (Å²) in [6, 6.07) is 11.8. The van der Waals surface area contributed by atoms with Crippen LogP contribution in [0, 0.1) is 0 Å². The molecule has 4 nitrogen and oxygen atoms in total. The van der Waals surface area contributed by atoms with Crippen LogP contribution in [-0.4, -0.2) is 14.3 Å². The average molecular weight is 369 g/mol. The molecule has 132 valence electrons. The Bertz CT molecular complexity index is 887. The van der Waals surface area contributed by atoms with Crippen LogP contribution in [-0.2, 0) is 26.4 Å². The summed E-state index contributed by atoms with van der Waals surface area (Å²) in [5.74, 6) is -0.668. The molecule has 1 aliphatic rings. The van der Waals surface area contributed by atoms with E-state index in [0.29, 0.717) is 25.0 Å². The van der Waals surface area contributed by atoms with Gasteiger partial charge in [-0.1, -0.05) is 30.3 Å². The van der Waals surface area contributed by atoms with Gasteiger partial charge in [-0.25, -0.2) is 13.1 Å². The largest absolute Gasteiger partial charge is 0.416 e. The minimum atomic E-state index is -4.56. The lowest BCUT2D eigenvalue weighted by molar-refractivity contribution is -0.137. The van der Waals surface area contributed by atoms with Gasteiger partial charge in [-0.15, -0.1) is 0 Å². The lowest BCUT2D eigenvalue weighted by atomic mass is 9.96. The quantitative estimate of drug-likeness (QED) is 0.900. The van der Waals surface area contributed by atoms with Gasteiger partial charge in [0.15, 0.2) is 0 Å². The van der Waals surface area contributed by atoms with Crippen LogP contribution in [0.4, 0.5) is 13.2 Å². The number of rotatable bonds is 4. The van der Waals surface area contributed by atoms with E-state index in [1.807, 2.05) is 4.72 Å². The zero-order valence-electron chi connectivity index (χ0n) is 12.9. The van der Waals surface area contributed by atoms with E-state index in [1.165, 1.54) is 0 Å². The summed E-state index contributed by atoms with van der Waals surface area (Å²) in [5, 5.41) is 0. The number of halogens is 3. The maximum Gasteiger partial charge on any atom is 0.416 e. The minimum Gasteiger partial charge on any atom is -0.273 e. The molecule has 0 heterocycles. The van der Waals surface area contributed by atoms with Crippen molar-refractivity contribution < 1.29 is 26.4 Å². The Labute approximate surface area is 142 Å². The maximum absolute atomic E-state index is 12.6. The maximum atomic E-state index is 12.6. The number of hydrogen-bond acceptors (Lipinski definition) is 3. The Balaban J connectivity index is 1.81. The molecule has 1 saturated carbocycles. The monoisotopic (exact) mass is 369 g/mol. The van der Waals surface area contributed by atoms with Gasteiger partial charge in [0, 0.05) is 0 Å². The molecule has 0 aromatic heterocycles. The van der Waals surface area contributed by atoms with Crippen LogP contribution in [0.1, 0.15) is 24.0 Å². The normalized spacial score (nSPS) is 16.3. The van der Waals surface area contributed by atoms with Gasteiger partial charge in [-0.3, -0.25) is 4.79 Å². The number of carbonyl (C=O) groups is 1. The molecule has 1 N–H and O–H groups in total. The highest BCUT2D eigenvalue weighted by molar-refractivity contribution is 7.90. The van der Waals surface area contributed by atoms with Crippen LogP contribution >= 0.6 is 0 Å². The molecule has 0 unspecified atom stereocenters. The molecule has 25 heavy (non-hydrogen) atoms. The van der Waals surface area contributed by atoms with E-state index >= 15 is 0 Å². The molecule has 8 heteroatoms. The lowest BCUT2D eigenvalue weighted by Gasteiger charge is -2.16. The zero-order chi connectivity index (χ0) is 18.3. The highest BCUT2D eigenvalue weighted by atomic mass is 32.2. The predicted molar refractivity (Wildman–Crippen MR) is 84.1 cm³/mol. The number of amides is 1. The molecule has 1 aliphatic carbocycles. The van der Waals surface area contributed by atoms with Gasteiger partial charge >= 0.3 is 6.18 Å². The van der Waals surface area contributed by atoms with Gasteiger partial charge in [-0.2, -0.15) is 13.2 Å². The Morgan fingerprint density at radius 3 is 2.00 bits per heavy atom. The van der Waals surface area contributed by atoms with Crippen molar-refractivity contribution in [3.05, 3.63) is 65.7 Å². The predicted octanol–water partition coefficient (Wildman–Crippen LogP) is 3.24. The first-order chi connectivity index (χ1) is 11.7.